The minimum absolute atomic E-state index is 0.00821. The Morgan fingerprint density at radius 1 is 1.33 bits per heavy atom. The smallest absolute Gasteiger partial charge is 0.407 e. The maximum Gasteiger partial charge on any atom is 0.407 e. The zero-order chi connectivity index (χ0) is 23.4. The van der Waals surface area contributed by atoms with Gasteiger partial charge in [-0.2, -0.15) is 0 Å². The molecule has 4 rings (SSSR count). The van der Waals surface area contributed by atoms with Crippen molar-refractivity contribution in [3.05, 3.63) is 64.6 Å². The molecule has 3 heterocycles. The van der Waals surface area contributed by atoms with E-state index in [1.54, 1.807) is 6.20 Å². The number of amides is 2. The predicted octanol–water partition coefficient (Wildman–Crippen LogP) is 3.98. The third-order valence-electron chi connectivity index (χ3n) is 5.94. The Labute approximate surface area is 197 Å². The molecule has 0 spiro atoms. The lowest BCUT2D eigenvalue weighted by molar-refractivity contribution is -0.116. The Morgan fingerprint density at radius 2 is 2.18 bits per heavy atom. The Morgan fingerprint density at radius 3 is 2.91 bits per heavy atom. The first-order valence-electron chi connectivity index (χ1n) is 11.1. The third-order valence-corrected chi connectivity index (χ3v) is 7.12. The Bertz CT molecular complexity index is 1120. The molecule has 0 bridgehead atoms. The highest BCUT2D eigenvalue weighted by Gasteiger charge is 2.27. The van der Waals surface area contributed by atoms with Crippen LogP contribution in [0.4, 0.5) is 15.5 Å². The Balaban J connectivity index is 1.31. The average Bonchev–Trinajstić information content (AvgIpc) is 3.35. The molecule has 0 saturated carbocycles. The molecule has 4 N–H and O–H groups in total. The van der Waals surface area contributed by atoms with Crippen molar-refractivity contribution in [2.45, 2.75) is 51.2 Å². The molecule has 8 nitrogen and oxygen atoms in total. The number of hydrogen-bond donors (Lipinski definition) is 3. The summed E-state index contributed by atoms with van der Waals surface area (Å²) in [4.78, 5) is 30.2. The number of pyridine rings is 1. The first-order chi connectivity index (χ1) is 15.9. The van der Waals surface area contributed by atoms with Gasteiger partial charge in [0.1, 0.15) is 11.1 Å². The van der Waals surface area contributed by atoms with Gasteiger partial charge in [-0.25, -0.2) is 4.79 Å². The highest BCUT2D eigenvalue weighted by Crippen LogP contribution is 2.41. The minimum Gasteiger partial charge on any atom is -0.446 e. The Hall–Kier alpha value is -3.33. The van der Waals surface area contributed by atoms with E-state index in [4.69, 9.17) is 10.5 Å². The summed E-state index contributed by atoms with van der Waals surface area (Å²) in [7, 11) is 1.93. The van der Waals surface area contributed by atoms with Crippen LogP contribution in [0.2, 0.25) is 0 Å². The zero-order valence-electron chi connectivity index (χ0n) is 18.8. The molecule has 3 aromatic heterocycles. The van der Waals surface area contributed by atoms with Gasteiger partial charge in [0.25, 0.3) is 0 Å². The quantitative estimate of drug-likeness (QED) is 0.487. The largest absolute Gasteiger partial charge is 0.446 e. The number of thiophene rings is 1. The predicted molar refractivity (Wildman–Crippen MR) is 129 cm³/mol. The molecule has 174 valence electrons. The van der Waals surface area contributed by atoms with Crippen molar-refractivity contribution in [2.24, 2.45) is 7.05 Å². The second kappa shape index (κ2) is 10.1. The summed E-state index contributed by atoms with van der Waals surface area (Å²) < 4.78 is 7.58. The van der Waals surface area contributed by atoms with Crippen molar-refractivity contribution in [1.82, 2.24) is 14.9 Å². The van der Waals surface area contributed by atoms with Crippen molar-refractivity contribution >= 4 is 34.0 Å². The van der Waals surface area contributed by atoms with Crippen LogP contribution >= 0.6 is 11.3 Å². The summed E-state index contributed by atoms with van der Waals surface area (Å²) in [5.74, 6) is -0.0832. The molecule has 0 fully saturated rings. The molecule has 1 aliphatic carbocycles. The number of alkyl carbamates (subject to hydrolysis) is 1. The highest BCUT2D eigenvalue weighted by molar-refractivity contribution is 7.17. The molecule has 0 saturated heterocycles. The second-order valence-corrected chi connectivity index (χ2v) is 9.49. The van der Waals surface area contributed by atoms with Crippen LogP contribution in [0.25, 0.3) is 0 Å². The molecule has 0 aliphatic heterocycles. The lowest BCUT2D eigenvalue weighted by atomic mass is 9.95. The van der Waals surface area contributed by atoms with Gasteiger partial charge in [-0.15, -0.1) is 11.3 Å². The van der Waals surface area contributed by atoms with Crippen LogP contribution in [0.3, 0.4) is 0 Å². The van der Waals surface area contributed by atoms with Gasteiger partial charge in [-0.05, 0) is 42.7 Å². The van der Waals surface area contributed by atoms with E-state index in [1.165, 1.54) is 11.3 Å². The minimum atomic E-state index is -0.425. The number of anilines is 2. The highest BCUT2D eigenvalue weighted by atomic mass is 32.1. The second-order valence-electron chi connectivity index (χ2n) is 8.39. The summed E-state index contributed by atoms with van der Waals surface area (Å²) in [6.07, 6.45) is 5.37. The van der Waals surface area contributed by atoms with E-state index in [2.05, 4.69) is 15.6 Å². The van der Waals surface area contributed by atoms with Crippen LogP contribution in [-0.4, -0.2) is 27.7 Å². The molecule has 2 amide bonds. The topological polar surface area (TPSA) is 111 Å². The van der Waals surface area contributed by atoms with Gasteiger partial charge in [-0.1, -0.05) is 13.0 Å². The van der Waals surface area contributed by atoms with Gasteiger partial charge >= 0.3 is 6.09 Å². The number of nitrogens with one attached hydrogen (secondary N) is 2. The number of aromatic nitrogens is 2. The fourth-order valence-corrected chi connectivity index (χ4v) is 5.29. The van der Waals surface area contributed by atoms with Gasteiger partial charge in [-0.3, -0.25) is 9.78 Å². The van der Waals surface area contributed by atoms with Crippen LogP contribution in [-0.2, 0) is 36.0 Å². The van der Waals surface area contributed by atoms with Crippen LogP contribution in [0.1, 0.15) is 47.5 Å². The number of carbonyl (C=O) groups excluding carboxylic acids is 2. The number of ether oxygens (including phenoxy) is 1. The first kappa shape index (κ1) is 22.8. The number of rotatable bonds is 7. The molecule has 2 atom stereocenters. The summed E-state index contributed by atoms with van der Waals surface area (Å²) in [6.45, 7) is 2.40. The zero-order valence-corrected chi connectivity index (χ0v) is 19.7. The SMILES string of the molecule is CC(CC(=O)Nc1sc2c(c1N)CCC(OC(=O)NCc1cccn1C)C2)c1ccccn1. The standard InChI is InChI=1S/C24H29N5O3S/c1-15(19-7-3-4-10-26-19)12-21(30)28-23-22(25)18-9-8-17(13-20(18)33-23)32-24(31)27-14-16-6-5-11-29(16)2/h3-7,10-11,15,17H,8-9,12-14,25H2,1-2H3,(H,27,31)(H,28,30). The van der Waals surface area contributed by atoms with Crippen molar-refractivity contribution < 1.29 is 14.3 Å². The number of nitrogens with zero attached hydrogens (tertiary/aromatic N) is 2. The van der Waals surface area contributed by atoms with Crippen LogP contribution in [0.5, 0.6) is 0 Å². The van der Waals surface area contributed by atoms with Crippen molar-refractivity contribution in [2.75, 3.05) is 11.1 Å². The molecule has 3 aromatic rings. The van der Waals surface area contributed by atoms with Crippen LogP contribution in [0.15, 0.2) is 42.7 Å². The molecule has 0 radical (unpaired) electrons. The van der Waals surface area contributed by atoms with E-state index in [0.717, 1.165) is 21.8 Å². The molecule has 33 heavy (non-hydrogen) atoms. The molecule has 2 unspecified atom stereocenters. The molecular formula is C24H29N5O3S. The summed E-state index contributed by atoms with van der Waals surface area (Å²) in [6, 6.07) is 9.59. The number of nitrogen functional groups attached to an aromatic ring is 1. The van der Waals surface area contributed by atoms with Gasteiger partial charge in [0, 0.05) is 54.5 Å². The molecular weight excluding hydrogens is 438 g/mol. The molecule has 0 aromatic carbocycles. The molecule has 9 heteroatoms. The monoisotopic (exact) mass is 467 g/mol. The number of aryl methyl sites for hydroxylation is 1. The number of nitrogens with two attached hydrogens (primary N) is 1. The maximum absolute atomic E-state index is 12.6. The lowest BCUT2D eigenvalue weighted by Crippen LogP contribution is -2.32. The van der Waals surface area contributed by atoms with Gasteiger partial charge in [0.2, 0.25) is 5.91 Å². The van der Waals surface area contributed by atoms with Gasteiger partial charge in [0.05, 0.1) is 12.2 Å². The van der Waals surface area contributed by atoms with Crippen LogP contribution in [0, 0.1) is 0 Å². The van der Waals surface area contributed by atoms with E-state index in [1.807, 2.05) is 55.1 Å². The summed E-state index contributed by atoms with van der Waals surface area (Å²) in [5.41, 5.74) is 9.90. The number of fused-ring (bicyclic) bond motifs is 1. The normalized spacial score (nSPS) is 16.0. The Kier molecular flexibility index (Phi) is 6.98. The van der Waals surface area contributed by atoms with E-state index < -0.39 is 6.09 Å². The summed E-state index contributed by atoms with van der Waals surface area (Å²) >= 11 is 1.47. The van der Waals surface area contributed by atoms with Crippen molar-refractivity contribution in [1.29, 1.82) is 0 Å². The average molecular weight is 468 g/mol. The van der Waals surface area contributed by atoms with Gasteiger partial charge < -0.3 is 25.7 Å². The fraction of sp³-hybridized carbons (Fsp3) is 0.375. The van der Waals surface area contributed by atoms with Gasteiger partial charge in [0.15, 0.2) is 0 Å². The van der Waals surface area contributed by atoms with E-state index in [0.29, 0.717) is 42.9 Å². The van der Waals surface area contributed by atoms with E-state index in [-0.39, 0.29) is 17.9 Å². The van der Waals surface area contributed by atoms with E-state index in [9.17, 15) is 9.59 Å². The van der Waals surface area contributed by atoms with Crippen LogP contribution < -0.4 is 16.4 Å². The fourth-order valence-electron chi connectivity index (χ4n) is 4.04. The van der Waals surface area contributed by atoms with Crippen molar-refractivity contribution in [3.8, 4) is 0 Å². The number of hydrogen-bond acceptors (Lipinski definition) is 6. The van der Waals surface area contributed by atoms with Crippen molar-refractivity contribution in [3.63, 3.8) is 0 Å². The molecule has 1 aliphatic rings. The first-order valence-corrected chi connectivity index (χ1v) is 11.9. The third kappa shape index (κ3) is 5.54. The van der Waals surface area contributed by atoms with E-state index >= 15 is 0 Å². The lowest BCUT2D eigenvalue weighted by Gasteiger charge is -2.22. The maximum atomic E-state index is 12.6. The number of carbonyl (C=O) groups is 2. The summed E-state index contributed by atoms with van der Waals surface area (Å²) in [5, 5.41) is 6.45.